The number of halogens is 3. The number of carbonyl (C=O) groups is 2. The molecule has 1 aromatic carbocycles. The summed E-state index contributed by atoms with van der Waals surface area (Å²) in [5.74, 6) is -2.70. The van der Waals surface area contributed by atoms with Gasteiger partial charge in [0.15, 0.2) is 15.3 Å². The molecule has 10 heteroatoms. The largest absolute Gasteiger partial charge is 0.481 e. The summed E-state index contributed by atoms with van der Waals surface area (Å²) in [6, 6.07) is 5.51. The highest BCUT2D eigenvalue weighted by atomic mass is 32.2. The lowest BCUT2D eigenvalue weighted by atomic mass is 9.86. The summed E-state index contributed by atoms with van der Waals surface area (Å²) in [7, 11) is -3.39. The first-order chi connectivity index (χ1) is 11.9. The molecule has 1 unspecified atom stereocenters. The first-order valence-corrected chi connectivity index (χ1v) is 9.48. The third-order valence-electron chi connectivity index (χ3n) is 4.59. The van der Waals surface area contributed by atoms with Gasteiger partial charge in [-0.2, -0.15) is 13.2 Å². The molecule has 0 bridgehead atoms. The van der Waals surface area contributed by atoms with Crippen molar-refractivity contribution in [3.8, 4) is 0 Å². The Morgan fingerprint density at radius 2 is 1.81 bits per heavy atom. The molecule has 144 valence electrons. The van der Waals surface area contributed by atoms with Crippen molar-refractivity contribution in [2.75, 3.05) is 18.8 Å². The fourth-order valence-corrected chi connectivity index (χ4v) is 3.70. The lowest BCUT2D eigenvalue weighted by molar-refractivity contribution is -0.227. The molecule has 0 saturated carbocycles. The number of rotatable bonds is 5. The zero-order chi connectivity index (χ0) is 19.8. The molecular formula is C16H18F3NO5S. The van der Waals surface area contributed by atoms with Crippen LogP contribution < -0.4 is 0 Å². The van der Waals surface area contributed by atoms with Crippen molar-refractivity contribution >= 4 is 21.7 Å². The Bertz CT molecular complexity index is 804. The van der Waals surface area contributed by atoms with Gasteiger partial charge in [0, 0.05) is 13.1 Å². The summed E-state index contributed by atoms with van der Waals surface area (Å²) in [6.45, 7) is 0.273. The van der Waals surface area contributed by atoms with E-state index in [9.17, 15) is 31.2 Å². The molecule has 6 nitrogen and oxygen atoms in total. The average Bonchev–Trinajstić information content (AvgIpc) is 3.02. The van der Waals surface area contributed by atoms with E-state index in [-0.39, 0.29) is 23.6 Å². The zero-order valence-electron chi connectivity index (χ0n) is 13.9. The van der Waals surface area contributed by atoms with Crippen LogP contribution in [0.2, 0.25) is 0 Å². The maximum absolute atomic E-state index is 13.1. The van der Waals surface area contributed by atoms with Gasteiger partial charge >= 0.3 is 12.1 Å². The number of carbonyl (C=O) groups excluding carboxylic acids is 1. The molecule has 26 heavy (non-hydrogen) atoms. The lowest BCUT2D eigenvalue weighted by Gasteiger charge is -2.27. The molecular weight excluding hydrogens is 375 g/mol. The van der Waals surface area contributed by atoms with Gasteiger partial charge in [0.05, 0.1) is 17.1 Å². The third kappa shape index (κ3) is 3.69. The molecule has 1 aromatic rings. The van der Waals surface area contributed by atoms with Gasteiger partial charge in [-0.15, -0.1) is 0 Å². The van der Waals surface area contributed by atoms with Crippen LogP contribution in [-0.2, 0) is 25.8 Å². The Labute approximate surface area is 148 Å². The molecule has 1 aliphatic rings. The van der Waals surface area contributed by atoms with E-state index >= 15 is 0 Å². The van der Waals surface area contributed by atoms with Gasteiger partial charge in [-0.3, -0.25) is 9.59 Å². The minimum Gasteiger partial charge on any atom is -0.481 e. The number of carboxylic acid groups (broad SMARTS) is 1. The predicted octanol–water partition coefficient (Wildman–Crippen LogP) is 1.89. The van der Waals surface area contributed by atoms with E-state index in [0.29, 0.717) is 5.56 Å². The van der Waals surface area contributed by atoms with Gasteiger partial charge in [-0.05, 0) is 24.1 Å². The number of benzene rings is 1. The fourth-order valence-electron chi connectivity index (χ4n) is 2.82. The van der Waals surface area contributed by atoms with Gasteiger partial charge in [0.25, 0.3) is 0 Å². The molecule has 1 aliphatic heterocycles. The van der Waals surface area contributed by atoms with Gasteiger partial charge in [-0.1, -0.05) is 19.1 Å². The number of hydrogen-bond donors (Lipinski definition) is 1. The van der Waals surface area contributed by atoms with Crippen LogP contribution >= 0.6 is 0 Å². The number of aliphatic carboxylic acids is 1. The van der Waals surface area contributed by atoms with Crippen LogP contribution in [0.25, 0.3) is 0 Å². The van der Waals surface area contributed by atoms with E-state index in [4.69, 9.17) is 5.11 Å². The number of nitrogens with zero attached hydrogens (tertiary/aromatic N) is 1. The van der Waals surface area contributed by atoms with Crippen LogP contribution in [0.1, 0.15) is 18.9 Å². The maximum atomic E-state index is 13.1. The number of likely N-dealkylation sites (tertiary alicyclic amines) is 1. The first kappa shape index (κ1) is 20.2. The second-order valence-electron chi connectivity index (χ2n) is 6.17. The van der Waals surface area contributed by atoms with Gasteiger partial charge in [-0.25, -0.2) is 8.42 Å². The molecule has 0 aliphatic carbocycles. The number of carboxylic acids is 1. The van der Waals surface area contributed by atoms with Crippen molar-refractivity contribution in [1.82, 2.24) is 4.90 Å². The van der Waals surface area contributed by atoms with E-state index in [1.807, 2.05) is 0 Å². The van der Waals surface area contributed by atoms with E-state index < -0.39 is 46.3 Å². The predicted molar refractivity (Wildman–Crippen MR) is 85.2 cm³/mol. The number of sulfone groups is 1. The van der Waals surface area contributed by atoms with Crippen molar-refractivity contribution in [3.05, 3.63) is 29.8 Å². The summed E-state index contributed by atoms with van der Waals surface area (Å²) in [4.78, 5) is 24.4. The van der Waals surface area contributed by atoms with Gasteiger partial charge in [0.2, 0.25) is 5.91 Å². The van der Waals surface area contributed by atoms with Crippen LogP contribution in [0, 0.1) is 5.41 Å². The van der Waals surface area contributed by atoms with Crippen LogP contribution in [0.3, 0.4) is 0 Å². The van der Waals surface area contributed by atoms with Crippen LogP contribution in [0.4, 0.5) is 13.2 Å². The van der Waals surface area contributed by atoms with Crippen molar-refractivity contribution in [1.29, 1.82) is 0 Å². The van der Waals surface area contributed by atoms with Crippen molar-refractivity contribution in [2.24, 2.45) is 5.41 Å². The minimum atomic E-state index is -4.95. The second-order valence-corrected chi connectivity index (χ2v) is 8.45. The summed E-state index contributed by atoms with van der Waals surface area (Å²) in [6.07, 6.45) is -5.88. The summed E-state index contributed by atoms with van der Waals surface area (Å²) < 4.78 is 62.9. The molecule has 1 heterocycles. The smallest absolute Gasteiger partial charge is 0.406 e. The average molecular weight is 393 g/mol. The Morgan fingerprint density at radius 1 is 1.23 bits per heavy atom. The van der Waals surface area contributed by atoms with Gasteiger partial charge in [0.1, 0.15) is 0 Å². The highest BCUT2D eigenvalue weighted by Gasteiger charge is 2.64. The lowest BCUT2D eigenvalue weighted by Crippen LogP contribution is -2.47. The highest BCUT2D eigenvalue weighted by Crippen LogP contribution is 2.45. The van der Waals surface area contributed by atoms with E-state index in [1.165, 1.54) is 31.2 Å². The van der Waals surface area contributed by atoms with Crippen molar-refractivity contribution < 1.29 is 36.3 Å². The topological polar surface area (TPSA) is 91.8 Å². The molecule has 0 spiro atoms. The van der Waals surface area contributed by atoms with Crippen molar-refractivity contribution in [2.45, 2.75) is 30.8 Å². The maximum Gasteiger partial charge on any atom is 0.406 e. The van der Waals surface area contributed by atoms with Gasteiger partial charge < -0.3 is 10.0 Å². The molecule has 2 rings (SSSR count). The molecule has 0 aromatic heterocycles. The van der Waals surface area contributed by atoms with E-state index in [0.717, 1.165) is 4.90 Å². The first-order valence-electron chi connectivity index (χ1n) is 7.82. The number of alkyl halides is 3. The molecule has 1 fully saturated rings. The molecule has 1 N–H and O–H groups in total. The molecule has 1 atom stereocenters. The SMILES string of the molecule is CCS(=O)(=O)c1ccc(CC(=O)N2CCC(C(=O)O)(C(F)(F)F)C2)cc1. The Hall–Kier alpha value is -2.10. The van der Waals surface area contributed by atoms with E-state index in [2.05, 4.69) is 0 Å². The molecule has 1 amide bonds. The van der Waals surface area contributed by atoms with E-state index in [1.54, 1.807) is 0 Å². The van der Waals surface area contributed by atoms with Crippen molar-refractivity contribution in [3.63, 3.8) is 0 Å². The van der Waals surface area contributed by atoms with Crippen LogP contribution in [0.5, 0.6) is 0 Å². The van der Waals surface area contributed by atoms with Crippen LogP contribution in [-0.4, -0.2) is 55.3 Å². The molecule has 0 radical (unpaired) electrons. The monoisotopic (exact) mass is 393 g/mol. The Morgan fingerprint density at radius 3 is 2.23 bits per heavy atom. The Balaban J connectivity index is 2.11. The third-order valence-corrected chi connectivity index (χ3v) is 6.34. The standard InChI is InChI=1S/C16H18F3NO5S/c1-2-26(24,25)12-5-3-11(4-6-12)9-13(21)20-8-7-15(10-20,14(22)23)16(17,18)19/h3-6H,2,7-10H2,1H3,(H,22,23). The normalized spacial score (nSPS) is 21.0. The quantitative estimate of drug-likeness (QED) is 0.825. The summed E-state index contributed by atoms with van der Waals surface area (Å²) >= 11 is 0. The number of hydrogen-bond acceptors (Lipinski definition) is 4. The summed E-state index contributed by atoms with van der Waals surface area (Å²) in [5, 5.41) is 9.00. The molecule has 1 saturated heterocycles. The highest BCUT2D eigenvalue weighted by molar-refractivity contribution is 7.91. The summed E-state index contributed by atoms with van der Waals surface area (Å²) in [5.41, 5.74) is -2.51. The minimum absolute atomic E-state index is 0.0756. The second kappa shape index (κ2) is 6.90. The zero-order valence-corrected chi connectivity index (χ0v) is 14.7. The van der Waals surface area contributed by atoms with Crippen LogP contribution in [0.15, 0.2) is 29.2 Å². The number of amides is 1. The Kier molecular flexibility index (Phi) is 5.36. The fraction of sp³-hybridized carbons (Fsp3) is 0.500.